The Bertz CT molecular complexity index is 560. The van der Waals surface area contributed by atoms with Crippen LogP contribution in [0.25, 0.3) is 0 Å². The zero-order valence-electron chi connectivity index (χ0n) is 10.9. The van der Waals surface area contributed by atoms with Gasteiger partial charge in [-0.15, -0.1) is 0 Å². The molecule has 0 spiro atoms. The highest BCUT2D eigenvalue weighted by atomic mass is 79.9. The third-order valence-electron chi connectivity index (χ3n) is 3.07. The molecule has 0 aliphatic heterocycles. The number of halogens is 2. The van der Waals surface area contributed by atoms with Gasteiger partial charge in [-0.25, -0.2) is 4.39 Å². The minimum atomic E-state index is -0.283. The Hall–Kier alpha value is -1.39. The molecule has 0 saturated heterocycles. The number of aliphatic hydroxyl groups excluding tert-OH is 1. The topological polar surface area (TPSA) is 29.5 Å². The van der Waals surface area contributed by atoms with E-state index in [2.05, 4.69) is 15.9 Å². The molecule has 0 aliphatic carbocycles. The molecule has 0 amide bonds. The van der Waals surface area contributed by atoms with E-state index in [9.17, 15) is 9.50 Å². The number of ether oxygens (including phenoxy) is 1. The van der Waals surface area contributed by atoms with Crippen molar-refractivity contribution in [3.63, 3.8) is 0 Å². The van der Waals surface area contributed by atoms with Crippen molar-refractivity contribution in [3.8, 4) is 5.75 Å². The van der Waals surface area contributed by atoms with Gasteiger partial charge in [-0.05, 0) is 42.3 Å². The van der Waals surface area contributed by atoms with Gasteiger partial charge in [-0.1, -0.05) is 34.1 Å². The molecule has 0 saturated carbocycles. The number of hydrogen-bond donors (Lipinski definition) is 1. The van der Waals surface area contributed by atoms with Gasteiger partial charge in [-0.2, -0.15) is 0 Å². The Morgan fingerprint density at radius 1 is 1.15 bits per heavy atom. The van der Waals surface area contributed by atoms with Crippen LogP contribution in [0.5, 0.6) is 5.75 Å². The molecule has 2 aromatic rings. The van der Waals surface area contributed by atoms with Crippen LogP contribution in [-0.4, -0.2) is 18.3 Å². The van der Waals surface area contributed by atoms with Gasteiger partial charge in [0.2, 0.25) is 0 Å². The van der Waals surface area contributed by atoms with E-state index in [1.807, 2.05) is 30.3 Å². The zero-order valence-corrected chi connectivity index (χ0v) is 12.5. The van der Waals surface area contributed by atoms with Crippen LogP contribution in [0.15, 0.2) is 53.0 Å². The van der Waals surface area contributed by atoms with Crippen LogP contribution >= 0.6 is 15.9 Å². The maximum atomic E-state index is 13.2. The van der Waals surface area contributed by atoms with Crippen molar-refractivity contribution in [3.05, 3.63) is 64.4 Å². The van der Waals surface area contributed by atoms with E-state index >= 15 is 0 Å². The van der Waals surface area contributed by atoms with Gasteiger partial charge in [0.05, 0.1) is 13.2 Å². The predicted molar refractivity (Wildman–Crippen MR) is 80.5 cm³/mol. The van der Waals surface area contributed by atoms with E-state index in [-0.39, 0.29) is 18.3 Å². The Morgan fingerprint density at radius 3 is 2.65 bits per heavy atom. The number of benzene rings is 2. The van der Waals surface area contributed by atoms with Crippen LogP contribution in [-0.2, 0) is 0 Å². The SMILES string of the molecule is OCC(CCOc1cccc(Br)c1)c1cccc(F)c1. The molecule has 0 aromatic heterocycles. The van der Waals surface area contributed by atoms with Crippen molar-refractivity contribution in [1.82, 2.24) is 0 Å². The van der Waals surface area contributed by atoms with Gasteiger partial charge < -0.3 is 9.84 Å². The van der Waals surface area contributed by atoms with Crippen LogP contribution in [0.2, 0.25) is 0 Å². The lowest BCUT2D eigenvalue weighted by atomic mass is 9.97. The summed E-state index contributed by atoms with van der Waals surface area (Å²) in [7, 11) is 0. The molecule has 0 bridgehead atoms. The summed E-state index contributed by atoms with van der Waals surface area (Å²) < 4.78 is 19.8. The Balaban J connectivity index is 1.91. The van der Waals surface area contributed by atoms with Gasteiger partial charge in [0.15, 0.2) is 0 Å². The zero-order chi connectivity index (χ0) is 14.4. The number of hydrogen-bond acceptors (Lipinski definition) is 2. The van der Waals surface area contributed by atoms with Crippen molar-refractivity contribution in [2.45, 2.75) is 12.3 Å². The first kappa shape index (κ1) is 15.0. The van der Waals surface area contributed by atoms with Crippen molar-refractivity contribution in [1.29, 1.82) is 0 Å². The fraction of sp³-hybridized carbons (Fsp3) is 0.250. The molecule has 0 aliphatic rings. The van der Waals surface area contributed by atoms with Crippen LogP contribution in [0.1, 0.15) is 17.9 Å². The molecule has 0 radical (unpaired) electrons. The highest BCUT2D eigenvalue weighted by molar-refractivity contribution is 9.10. The standard InChI is InChI=1S/C16H16BrFO2/c17-14-4-2-6-16(10-14)20-8-7-13(11-19)12-3-1-5-15(18)9-12/h1-6,9-10,13,19H,7-8,11H2. The molecule has 2 rings (SSSR count). The molecule has 4 heteroatoms. The summed E-state index contributed by atoms with van der Waals surface area (Å²) in [5.41, 5.74) is 0.797. The lowest BCUT2D eigenvalue weighted by molar-refractivity contribution is 0.229. The lowest BCUT2D eigenvalue weighted by Gasteiger charge is -2.15. The third kappa shape index (κ3) is 4.32. The van der Waals surface area contributed by atoms with Crippen LogP contribution in [0.4, 0.5) is 4.39 Å². The second kappa shape index (κ2) is 7.41. The summed E-state index contributed by atoms with van der Waals surface area (Å²) in [4.78, 5) is 0. The molecular formula is C16H16BrFO2. The quantitative estimate of drug-likeness (QED) is 0.857. The summed E-state index contributed by atoms with van der Waals surface area (Å²) in [5.74, 6) is 0.377. The van der Waals surface area contributed by atoms with Gasteiger partial charge >= 0.3 is 0 Å². The minimum absolute atomic E-state index is 0.0225. The number of rotatable bonds is 6. The summed E-state index contributed by atoms with van der Waals surface area (Å²) in [5, 5.41) is 9.43. The fourth-order valence-electron chi connectivity index (χ4n) is 2.00. The maximum absolute atomic E-state index is 13.2. The average Bonchev–Trinajstić information content (AvgIpc) is 2.44. The monoisotopic (exact) mass is 338 g/mol. The molecule has 0 fully saturated rings. The van der Waals surface area contributed by atoms with E-state index in [4.69, 9.17) is 4.74 Å². The first-order chi connectivity index (χ1) is 9.69. The van der Waals surface area contributed by atoms with Gasteiger partial charge in [0, 0.05) is 10.4 Å². The average molecular weight is 339 g/mol. The second-order valence-electron chi connectivity index (χ2n) is 4.53. The molecule has 106 valence electrons. The smallest absolute Gasteiger partial charge is 0.123 e. The van der Waals surface area contributed by atoms with Crippen LogP contribution < -0.4 is 4.74 Å². The maximum Gasteiger partial charge on any atom is 0.123 e. The molecule has 1 unspecified atom stereocenters. The second-order valence-corrected chi connectivity index (χ2v) is 5.44. The van der Waals surface area contributed by atoms with Crippen LogP contribution in [0, 0.1) is 5.82 Å². The molecular weight excluding hydrogens is 323 g/mol. The predicted octanol–water partition coefficient (Wildman–Crippen LogP) is 4.13. The molecule has 2 nitrogen and oxygen atoms in total. The summed E-state index contributed by atoms with van der Waals surface area (Å²) in [6, 6.07) is 13.9. The normalized spacial score (nSPS) is 12.2. The Kier molecular flexibility index (Phi) is 5.56. The Labute approximate surface area is 126 Å². The van der Waals surface area contributed by atoms with Gasteiger partial charge in [-0.3, -0.25) is 0 Å². The molecule has 0 heterocycles. The third-order valence-corrected chi connectivity index (χ3v) is 3.56. The minimum Gasteiger partial charge on any atom is -0.494 e. The van der Waals surface area contributed by atoms with Crippen molar-refractivity contribution >= 4 is 15.9 Å². The summed E-state index contributed by atoms with van der Waals surface area (Å²) in [6.45, 7) is 0.448. The largest absolute Gasteiger partial charge is 0.494 e. The first-order valence-electron chi connectivity index (χ1n) is 6.43. The highest BCUT2D eigenvalue weighted by Crippen LogP contribution is 2.22. The van der Waals surface area contributed by atoms with E-state index < -0.39 is 0 Å². The summed E-state index contributed by atoms with van der Waals surface area (Å²) in [6.07, 6.45) is 0.631. The fourth-order valence-corrected chi connectivity index (χ4v) is 2.38. The lowest BCUT2D eigenvalue weighted by Crippen LogP contribution is -2.10. The Morgan fingerprint density at radius 2 is 1.95 bits per heavy atom. The van der Waals surface area contributed by atoms with Crippen molar-refractivity contribution in [2.75, 3.05) is 13.2 Å². The van der Waals surface area contributed by atoms with E-state index in [1.165, 1.54) is 12.1 Å². The molecule has 1 N–H and O–H groups in total. The van der Waals surface area contributed by atoms with Crippen molar-refractivity contribution in [2.24, 2.45) is 0 Å². The van der Waals surface area contributed by atoms with E-state index in [1.54, 1.807) is 6.07 Å². The molecule has 20 heavy (non-hydrogen) atoms. The first-order valence-corrected chi connectivity index (χ1v) is 7.23. The number of aliphatic hydroxyl groups is 1. The van der Waals surface area contributed by atoms with E-state index in [0.717, 1.165) is 15.8 Å². The molecule has 2 aromatic carbocycles. The van der Waals surface area contributed by atoms with E-state index in [0.29, 0.717) is 13.0 Å². The van der Waals surface area contributed by atoms with Gasteiger partial charge in [0.1, 0.15) is 11.6 Å². The van der Waals surface area contributed by atoms with Gasteiger partial charge in [0.25, 0.3) is 0 Å². The highest BCUT2D eigenvalue weighted by Gasteiger charge is 2.11. The summed E-state index contributed by atoms with van der Waals surface area (Å²) >= 11 is 3.38. The van der Waals surface area contributed by atoms with Crippen LogP contribution in [0.3, 0.4) is 0 Å². The molecule has 1 atom stereocenters. The van der Waals surface area contributed by atoms with Crippen molar-refractivity contribution < 1.29 is 14.2 Å².